The molecule has 1 aliphatic heterocycles. The SMILES string of the molecule is CN1c2ccccc2OC[C@H](N)C1O.Cl. The van der Waals surface area contributed by atoms with E-state index in [2.05, 4.69) is 0 Å². The summed E-state index contributed by atoms with van der Waals surface area (Å²) in [6, 6.07) is 7.19. The normalized spacial score (nSPS) is 24.6. The Morgan fingerprint density at radius 1 is 1.47 bits per heavy atom. The van der Waals surface area contributed by atoms with Crippen LogP contribution in [0.15, 0.2) is 24.3 Å². The number of likely N-dealkylation sites (N-methyl/N-ethyl adjacent to an activating group) is 1. The number of halogens is 1. The number of rotatable bonds is 0. The number of para-hydroxylation sites is 2. The van der Waals surface area contributed by atoms with Gasteiger partial charge in [-0.15, -0.1) is 12.4 Å². The van der Waals surface area contributed by atoms with E-state index in [9.17, 15) is 5.11 Å². The van der Waals surface area contributed by atoms with Crippen LogP contribution in [-0.4, -0.2) is 31.0 Å². The first kappa shape index (κ1) is 12.1. The molecule has 0 amide bonds. The van der Waals surface area contributed by atoms with Crippen molar-refractivity contribution >= 4 is 18.1 Å². The van der Waals surface area contributed by atoms with Crippen LogP contribution >= 0.6 is 12.4 Å². The Kier molecular flexibility index (Phi) is 3.79. The number of hydrogen-bond donors (Lipinski definition) is 2. The lowest BCUT2D eigenvalue weighted by Crippen LogP contribution is -2.47. The van der Waals surface area contributed by atoms with Crippen LogP contribution in [0.5, 0.6) is 5.75 Å². The highest BCUT2D eigenvalue weighted by Crippen LogP contribution is 2.30. The molecular formula is C10H15ClN2O2. The van der Waals surface area contributed by atoms with Crippen LogP contribution in [-0.2, 0) is 0 Å². The van der Waals surface area contributed by atoms with Crippen molar-refractivity contribution in [3.8, 4) is 5.75 Å². The highest BCUT2D eigenvalue weighted by molar-refractivity contribution is 5.85. The van der Waals surface area contributed by atoms with E-state index in [1.807, 2.05) is 24.3 Å². The number of fused-ring (bicyclic) bond motifs is 1. The fraction of sp³-hybridized carbons (Fsp3) is 0.400. The number of aliphatic hydroxyl groups is 1. The summed E-state index contributed by atoms with van der Waals surface area (Å²) in [4.78, 5) is 1.73. The molecular weight excluding hydrogens is 216 g/mol. The van der Waals surface area contributed by atoms with Gasteiger partial charge >= 0.3 is 0 Å². The summed E-state index contributed by atoms with van der Waals surface area (Å²) in [5.41, 5.74) is 6.60. The van der Waals surface area contributed by atoms with E-state index in [0.717, 1.165) is 11.4 Å². The molecule has 0 radical (unpaired) electrons. The smallest absolute Gasteiger partial charge is 0.145 e. The molecule has 0 saturated carbocycles. The Morgan fingerprint density at radius 2 is 2.13 bits per heavy atom. The van der Waals surface area contributed by atoms with Crippen molar-refractivity contribution in [3.05, 3.63) is 24.3 Å². The molecule has 3 N–H and O–H groups in total. The Balaban J connectivity index is 0.00000112. The van der Waals surface area contributed by atoms with Gasteiger partial charge in [0.25, 0.3) is 0 Å². The van der Waals surface area contributed by atoms with Crippen molar-refractivity contribution in [2.24, 2.45) is 5.73 Å². The van der Waals surface area contributed by atoms with Crippen LogP contribution < -0.4 is 15.4 Å². The number of hydrogen-bond acceptors (Lipinski definition) is 4. The van der Waals surface area contributed by atoms with Crippen LogP contribution in [0.25, 0.3) is 0 Å². The number of nitrogens with zero attached hydrogens (tertiary/aromatic N) is 1. The van der Waals surface area contributed by atoms with Gasteiger partial charge in [-0.05, 0) is 12.1 Å². The number of nitrogens with two attached hydrogens (primary N) is 1. The molecule has 0 saturated heterocycles. The number of ether oxygens (including phenoxy) is 1. The number of benzene rings is 1. The van der Waals surface area contributed by atoms with Crippen LogP contribution in [0.2, 0.25) is 0 Å². The van der Waals surface area contributed by atoms with E-state index in [4.69, 9.17) is 10.5 Å². The second-order valence-electron chi connectivity index (χ2n) is 3.47. The zero-order valence-electron chi connectivity index (χ0n) is 8.46. The molecule has 0 bridgehead atoms. The molecule has 0 aromatic heterocycles. The number of aliphatic hydroxyl groups excluding tert-OH is 1. The maximum absolute atomic E-state index is 9.79. The largest absolute Gasteiger partial charge is 0.490 e. The first-order chi connectivity index (χ1) is 6.70. The number of anilines is 1. The maximum atomic E-state index is 9.79. The third-order valence-electron chi connectivity index (χ3n) is 2.46. The van der Waals surface area contributed by atoms with Gasteiger partial charge in [0.15, 0.2) is 0 Å². The van der Waals surface area contributed by atoms with Gasteiger partial charge in [-0.2, -0.15) is 0 Å². The maximum Gasteiger partial charge on any atom is 0.145 e. The molecule has 0 fully saturated rings. The molecule has 5 heteroatoms. The summed E-state index contributed by atoms with van der Waals surface area (Å²) < 4.78 is 5.47. The summed E-state index contributed by atoms with van der Waals surface area (Å²) in [7, 11) is 1.80. The highest BCUT2D eigenvalue weighted by atomic mass is 35.5. The molecule has 1 unspecified atom stereocenters. The Morgan fingerprint density at radius 3 is 2.87 bits per heavy atom. The molecule has 4 nitrogen and oxygen atoms in total. The molecule has 84 valence electrons. The summed E-state index contributed by atoms with van der Waals surface area (Å²) in [5, 5.41) is 9.79. The van der Waals surface area contributed by atoms with Crippen LogP contribution in [0.3, 0.4) is 0 Å². The van der Waals surface area contributed by atoms with Gasteiger partial charge in [-0.3, -0.25) is 0 Å². The Bertz CT molecular complexity index is 335. The quantitative estimate of drug-likeness (QED) is 0.685. The summed E-state index contributed by atoms with van der Waals surface area (Å²) in [6.45, 7) is 0.336. The monoisotopic (exact) mass is 230 g/mol. The first-order valence-corrected chi connectivity index (χ1v) is 4.58. The van der Waals surface area contributed by atoms with Crippen LogP contribution in [0.1, 0.15) is 0 Å². The fourth-order valence-electron chi connectivity index (χ4n) is 1.57. The van der Waals surface area contributed by atoms with Gasteiger partial charge in [0, 0.05) is 7.05 Å². The third kappa shape index (κ3) is 2.17. The van der Waals surface area contributed by atoms with E-state index in [0.29, 0.717) is 6.61 Å². The molecule has 15 heavy (non-hydrogen) atoms. The molecule has 0 aliphatic carbocycles. The predicted octanol–water partition coefficient (Wildman–Crippen LogP) is 0.583. The highest BCUT2D eigenvalue weighted by Gasteiger charge is 2.26. The predicted molar refractivity (Wildman–Crippen MR) is 61.6 cm³/mol. The minimum atomic E-state index is -0.696. The van der Waals surface area contributed by atoms with Crippen LogP contribution in [0, 0.1) is 0 Å². The minimum absolute atomic E-state index is 0. The molecule has 1 heterocycles. The van der Waals surface area contributed by atoms with E-state index < -0.39 is 6.23 Å². The van der Waals surface area contributed by atoms with Gasteiger partial charge in [0.2, 0.25) is 0 Å². The van der Waals surface area contributed by atoms with E-state index in [1.165, 1.54) is 0 Å². The lowest BCUT2D eigenvalue weighted by molar-refractivity contribution is 0.125. The zero-order chi connectivity index (χ0) is 10.1. The standard InChI is InChI=1S/C10H14N2O2.ClH/c1-12-8-4-2-3-5-9(8)14-6-7(11)10(12)13;/h2-5,7,10,13H,6,11H2,1H3;1H/t7-,10?;/m0./s1. The van der Waals surface area contributed by atoms with E-state index >= 15 is 0 Å². The van der Waals surface area contributed by atoms with Crippen molar-refractivity contribution < 1.29 is 9.84 Å². The van der Waals surface area contributed by atoms with Gasteiger partial charge in [0.1, 0.15) is 18.6 Å². The molecule has 1 aromatic rings. The molecule has 1 aliphatic rings. The molecule has 2 atom stereocenters. The molecule has 0 spiro atoms. The zero-order valence-corrected chi connectivity index (χ0v) is 9.28. The van der Waals surface area contributed by atoms with Gasteiger partial charge in [-0.25, -0.2) is 0 Å². The average Bonchev–Trinajstić information content (AvgIpc) is 2.32. The van der Waals surface area contributed by atoms with Crippen LogP contribution in [0.4, 0.5) is 5.69 Å². The second-order valence-corrected chi connectivity index (χ2v) is 3.47. The van der Waals surface area contributed by atoms with Crippen molar-refractivity contribution in [2.45, 2.75) is 12.3 Å². The summed E-state index contributed by atoms with van der Waals surface area (Å²) >= 11 is 0. The van der Waals surface area contributed by atoms with Crippen molar-refractivity contribution in [2.75, 3.05) is 18.6 Å². The Hall–Kier alpha value is -0.970. The third-order valence-corrected chi connectivity index (χ3v) is 2.46. The summed E-state index contributed by atoms with van der Waals surface area (Å²) in [5.74, 6) is 0.766. The lowest BCUT2D eigenvalue weighted by atomic mass is 10.2. The van der Waals surface area contributed by atoms with Crippen molar-refractivity contribution in [1.82, 2.24) is 0 Å². The van der Waals surface area contributed by atoms with Gasteiger partial charge in [-0.1, -0.05) is 12.1 Å². The Labute approximate surface area is 95.0 Å². The van der Waals surface area contributed by atoms with E-state index in [1.54, 1.807) is 11.9 Å². The topological polar surface area (TPSA) is 58.7 Å². The van der Waals surface area contributed by atoms with Gasteiger partial charge in [0.05, 0.1) is 11.7 Å². The second kappa shape index (κ2) is 4.70. The fourth-order valence-corrected chi connectivity index (χ4v) is 1.57. The lowest BCUT2D eigenvalue weighted by Gasteiger charge is -2.26. The first-order valence-electron chi connectivity index (χ1n) is 4.58. The molecule has 2 rings (SSSR count). The summed E-state index contributed by atoms with van der Waals surface area (Å²) in [6.07, 6.45) is -0.696. The van der Waals surface area contributed by atoms with Crippen molar-refractivity contribution in [3.63, 3.8) is 0 Å². The molecule has 1 aromatic carbocycles. The van der Waals surface area contributed by atoms with Gasteiger partial charge < -0.3 is 20.5 Å². The minimum Gasteiger partial charge on any atom is -0.490 e. The van der Waals surface area contributed by atoms with Crippen molar-refractivity contribution in [1.29, 1.82) is 0 Å². The van der Waals surface area contributed by atoms with E-state index in [-0.39, 0.29) is 18.4 Å². The average molecular weight is 231 g/mol.